The van der Waals surface area contributed by atoms with E-state index in [0.29, 0.717) is 16.1 Å². The summed E-state index contributed by atoms with van der Waals surface area (Å²) < 4.78 is 0. The van der Waals surface area contributed by atoms with Crippen molar-refractivity contribution >= 4 is 52.4 Å². The summed E-state index contributed by atoms with van der Waals surface area (Å²) in [5.74, 6) is -4.98. The third-order valence-electron chi connectivity index (χ3n) is 6.98. The number of benzene rings is 3. The normalized spacial score (nSPS) is 24.8. The molecule has 2 aliphatic rings. The molecule has 0 aliphatic carbocycles. The number of nitrogens with one attached hydrogen (secondary N) is 1. The van der Waals surface area contributed by atoms with Crippen molar-refractivity contribution in [2.24, 2.45) is 11.8 Å². The number of hydrogen-bond acceptors (Lipinski definition) is 6. The number of aliphatic carboxylic acids is 1. The Bertz CT molecular complexity index is 1430. The van der Waals surface area contributed by atoms with Crippen LogP contribution in [0.15, 0.2) is 72.8 Å². The maximum Gasteiger partial charge on any atom is 0.325 e. The van der Waals surface area contributed by atoms with Crippen molar-refractivity contribution in [2.45, 2.75) is 18.0 Å². The maximum atomic E-state index is 13.9. The van der Waals surface area contributed by atoms with Gasteiger partial charge in [-0.05, 0) is 29.3 Å². The molecule has 2 heterocycles. The van der Waals surface area contributed by atoms with Crippen molar-refractivity contribution < 1.29 is 24.4 Å². The molecule has 0 radical (unpaired) electrons. The van der Waals surface area contributed by atoms with Crippen molar-refractivity contribution in [3.05, 3.63) is 104 Å². The van der Waals surface area contributed by atoms with Crippen LogP contribution in [-0.2, 0) is 20.8 Å². The van der Waals surface area contributed by atoms with Crippen molar-refractivity contribution in [1.29, 1.82) is 0 Å². The zero-order chi connectivity index (χ0) is 26.5. The Hall–Kier alpha value is -3.79. The molecule has 2 amide bonds. The average molecular weight is 540 g/mol. The number of hydrogen-bond donors (Lipinski definition) is 2. The monoisotopic (exact) mass is 539 g/mol. The number of nitro benzene ring substituents is 1. The molecule has 0 unspecified atom stereocenters. The first-order chi connectivity index (χ1) is 17.6. The lowest BCUT2D eigenvalue weighted by atomic mass is 9.76. The van der Waals surface area contributed by atoms with Crippen LogP contribution < -0.4 is 10.2 Å². The summed E-state index contributed by atoms with van der Waals surface area (Å²) in [5.41, 5.74) is -0.781. The number of imide groups is 1. The van der Waals surface area contributed by atoms with Gasteiger partial charge in [0.2, 0.25) is 11.8 Å². The van der Waals surface area contributed by atoms with Gasteiger partial charge in [0.25, 0.3) is 5.69 Å². The van der Waals surface area contributed by atoms with Crippen LogP contribution in [-0.4, -0.2) is 33.4 Å². The molecule has 188 valence electrons. The SMILES string of the molecule is O=C1[C@@H]2[C@H](c3ccc([N+](=O)[O-])cc3)N[C@](Cc3ccccc3)(C(=O)O)[C@H]2C(=O)N1c1ccc(Cl)cc1Cl. The van der Waals surface area contributed by atoms with Gasteiger partial charge in [0.1, 0.15) is 5.54 Å². The van der Waals surface area contributed by atoms with Gasteiger partial charge in [-0.3, -0.25) is 29.8 Å². The quantitative estimate of drug-likeness (QED) is 0.269. The van der Waals surface area contributed by atoms with E-state index >= 15 is 0 Å². The minimum Gasteiger partial charge on any atom is -0.480 e. The minimum absolute atomic E-state index is 0.0676. The Morgan fingerprint density at radius 3 is 2.30 bits per heavy atom. The van der Waals surface area contributed by atoms with Crippen LogP contribution >= 0.6 is 23.2 Å². The van der Waals surface area contributed by atoms with E-state index in [0.717, 1.165) is 4.90 Å². The number of anilines is 1. The summed E-state index contributed by atoms with van der Waals surface area (Å²) in [6, 6.07) is 17.7. The number of halogens is 2. The Balaban J connectivity index is 1.66. The average Bonchev–Trinajstić information content (AvgIpc) is 3.34. The van der Waals surface area contributed by atoms with Crippen LogP contribution in [0.4, 0.5) is 11.4 Å². The van der Waals surface area contributed by atoms with Gasteiger partial charge in [-0.15, -0.1) is 0 Å². The van der Waals surface area contributed by atoms with E-state index in [1.807, 2.05) is 0 Å². The van der Waals surface area contributed by atoms with Gasteiger partial charge >= 0.3 is 5.97 Å². The number of carboxylic acids is 1. The second kappa shape index (κ2) is 9.26. The number of amides is 2. The number of rotatable bonds is 6. The second-order valence-corrected chi connectivity index (χ2v) is 9.86. The molecular weight excluding hydrogens is 521 g/mol. The van der Waals surface area contributed by atoms with Crippen LogP contribution in [0.25, 0.3) is 0 Å². The third-order valence-corrected chi connectivity index (χ3v) is 7.51. The van der Waals surface area contributed by atoms with Crippen LogP contribution in [0, 0.1) is 22.0 Å². The molecule has 2 saturated heterocycles. The Labute approximate surface area is 220 Å². The lowest BCUT2D eigenvalue weighted by molar-refractivity contribution is -0.384. The van der Waals surface area contributed by atoms with E-state index < -0.39 is 46.1 Å². The lowest BCUT2D eigenvalue weighted by Gasteiger charge is -2.31. The molecule has 4 atom stereocenters. The number of carbonyl (C=O) groups excluding carboxylic acids is 2. The molecule has 0 saturated carbocycles. The first kappa shape index (κ1) is 24.9. The molecule has 9 nitrogen and oxygen atoms in total. The van der Waals surface area contributed by atoms with Crippen LogP contribution in [0.1, 0.15) is 17.2 Å². The van der Waals surface area contributed by atoms with E-state index in [4.69, 9.17) is 23.2 Å². The Morgan fingerprint density at radius 2 is 1.70 bits per heavy atom. The second-order valence-electron chi connectivity index (χ2n) is 9.02. The van der Waals surface area contributed by atoms with Gasteiger partial charge in [-0.25, -0.2) is 4.90 Å². The topological polar surface area (TPSA) is 130 Å². The lowest BCUT2D eigenvalue weighted by Crippen LogP contribution is -2.57. The van der Waals surface area contributed by atoms with Crippen molar-refractivity contribution in [2.75, 3.05) is 4.90 Å². The molecule has 0 spiro atoms. The van der Waals surface area contributed by atoms with Crippen molar-refractivity contribution in [3.63, 3.8) is 0 Å². The van der Waals surface area contributed by atoms with E-state index in [1.165, 1.54) is 42.5 Å². The van der Waals surface area contributed by atoms with Gasteiger partial charge in [0.05, 0.1) is 27.5 Å². The van der Waals surface area contributed by atoms with E-state index in [-0.39, 0.29) is 22.8 Å². The number of non-ortho nitro benzene ring substituents is 1. The molecule has 0 bridgehead atoms. The molecule has 37 heavy (non-hydrogen) atoms. The summed E-state index contributed by atoms with van der Waals surface area (Å²) in [6.45, 7) is 0. The van der Waals surface area contributed by atoms with Gasteiger partial charge in [-0.2, -0.15) is 0 Å². The predicted octanol–water partition coefficient (Wildman–Crippen LogP) is 4.42. The fourth-order valence-corrected chi connectivity index (χ4v) is 5.84. The fourth-order valence-electron chi connectivity index (χ4n) is 5.35. The van der Waals surface area contributed by atoms with Crippen LogP contribution in [0.3, 0.4) is 0 Å². The first-order valence-electron chi connectivity index (χ1n) is 11.3. The molecule has 3 aromatic carbocycles. The fraction of sp³-hybridized carbons (Fsp3) is 0.192. The highest BCUT2D eigenvalue weighted by atomic mass is 35.5. The van der Waals surface area contributed by atoms with Gasteiger partial charge < -0.3 is 5.11 Å². The highest BCUT2D eigenvalue weighted by Crippen LogP contribution is 2.51. The molecule has 5 rings (SSSR count). The Kier molecular flexibility index (Phi) is 6.23. The molecule has 3 aromatic rings. The summed E-state index contributed by atoms with van der Waals surface area (Å²) >= 11 is 12.3. The molecule has 2 fully saturated rings. The van der Waals surface area contributed by atoms with Crippen molar-refractivity contribution in [3.8, 4) is 0 Å². The zero-order valence-corrected chi connectivity index (χ0v) is 20.5. The standard InChI is InChI=1S/C26H19Cl2N3O6/c27-16-8-11-19(18(28)12-16)30-23(32)20-21(24(30)33)26(25(34)35,13-14-4-2-1-3-5-14)29-22(20)15-6-9-17(10-7-15)31(36)37/h1-12,20-22,29H,13H2,(H,34,35)/t20-,21+,22-,26-/m0/s1. The van der Waals surface area contributed by atoms with Crippen molar-refractivity contribution in [1.82, 2.24) is 5.32 Å². The number of nitrogens with zero attached hydrogens (tertiary/aromatic N) is 2. The first-order valence-corrected chi connectivity index (χ1v) is 12.0. The number of fused-ring (bicyclic) bond motifs is 1. The van der Waals surface area contributed by atoms with E-state index in [9.17, 15) is 29.6 Å². The van der Waals surface area contributed by atoms with Crippen LogP contribution in [0.5, 0.6) is 0 Å². The largest absolute Gasteiger partial charge is 0.480 e. The molecular formula is C26H19Cl2N3O6. The summed E-state index contributed by atoms with van der Waals surface area (Å²) in [6.07, 6.45) is -0.0744. The molecule has 2 aliphatic heterocycles. The summed E-state index contributed by atoms with van der Waals surface area (Å²) in [5, 5.41) is 25.1. The molecule has 0 aromatic heterocycles. The third kappa shape index (κ3) is 4.05. The Morgan fingerprint density at radius 1 is 1.03 bits per heavy atom. The smallest absolute Gasteiger partial charge is 0.325 e. The highest BCUT2D eigenvalue weighted by molar-refractivity contribution is 6.38. The zero-order valence-electron chi connectivity index (χ0n) is 19.0. The summed E-state index contributed by atoms with van der Waals surface area (Å²) in [4.78, 5) is 52.2. The van der Waals surface area contributed by atoms with Gasteiger partial charge in [-0.1, -0.05) is 65.7 Å². The highest BCUT2D eigenvalue weighted by Gasteiger charge is 2.68. The van der Waals surface area contributed by atoms with E-state index in [2.05, 4.69) is 5.32 Å². The minimum atomic E-state index is -1.83. The maximum absolute atomic E-state index is 13.9. The predicted molar refractivity (Wildman–Crippen MR) is 135 cm³/mol. The summed E-state index contributed by atoms with van der Waals surface area (Å²) in [7, 11) is 0. The van der Waals surface area contributed by atoms with Gasteiger partial charge in [0.15, 0.2) is 0 Å². The number of nitro groups is 1. The number of carboxylic acid groups (broad SMARTS) is 1. The van der Waals surface area contributed by atoms with Gasteiger partial charge in [0, 0.05) is 29.6 Å². The van der Waals surface area contributed by atoms with E-state index in [1.54, 1.807) is 30.3 Å². The number of carbonyl (C=O) groups is 3. The molecule has 11 heteroatoms. The van der Waals surface area contributed by atoms with Crippen LogP contribution in [0.2, 0.25) is 10.0 Å². The molecule has 2 N–H and O–H groups in total.